The van der Waals surface area contributed by atoms with E-state index < -0.39 is 0 Å². The van der Waals surface area contributed by atoms with E-state index in [1.165, 1.54) is 0 Å². The van der Waals surface area contributed by atoms with E-state index in [0.717, 1.165) is 121 Å². The molecule has 0 saturated heterocycles. The molecule has 328 valence electrons. The van der Waals surface area contributed by atoms with Crippen LogP contribution in [0, 0.1) is 18.2 Å². The van der Waals surface area contributed by atoms with Crippen LogP contribution in [0.1, 0.15) is 0 Å². The first-order valence-corrected chi connectivity index (χ1v) is 23.9. The Bertz CT molecular complexity index is 3430. The van der Waals surface area contributed by atoms with E-state index in [4.69, 9.17) is 0 Å². The van der Waals surface area contributed by atoms with Crippen LogP contribution in [-0.4, -0.2) is 15.0 Å². The molecule has 0 amide bonds. The fourth-order valence-electron chi connectivity index (χ4n) is 8.93. The third-order valence-corrected chi connectivity index (χ3v) is 13.5. The van der Waals surface area contributed by atoms with E-state index in [2.05, 4.69) is 223 Å². The van der Waals surface area contributed by atoms with E-state index in [1.54, 1.807) is 0 Å². The zero-order valence-electron chi connectivity index (χ0n) is 36.9. The molecule has 3 nitrogen and oxygen atoms in total. The third-order valence-electron chi connectivity index (χ3n) is 12.2. The molecular formula is C63H38Br2IrN3. The van der Waals surface area contributed by atoms with E-state index in [1.807, 2.05) is 73.2 Å². The second-order valence-electron chi connectivity index (χ2n) is 16.3. The van der Waals surface area contributed by atoms with Crippen molar-refractivity contribution in [1.29, 1.82) is 0 Å². The minimum Gasteiger partial charge on any atom is -0.305 e. The zero-order valence-corrected chi connectivity index (χ0v) is 42.4. The van der Waals surface area contributed by atoms with Gasteiger partial charge in [0.05, 0.1) is 0 Å². The number of nitrogens with zero attached hydrogens (tertiary/aromatic N) is 3. The Morgan fingerprint density at radius 2 is 0.609 bits per heavy atom. The van der Waals surface area contributed by atoms with Crippen LogP contribution in [0.2, 0.25) is 0 Å². The minimum absolute atomic E-state index is 0. The molecule has 11 aromatic rings. The van der Waals surface area contributed by atoms with Crippen molar-refractivity contribution in [2.45, 2.75) is 0 Å². The summed E-state index contributed by atoms with van der Waals surface area (Å²) in [6.45, 7) is 0. The van der Waals surface area contributed by atoms with Gasteiger partial charge in [0.1, 0.15) is 0 Å². The van der Waals surface area contributed by atoms with Gasteiger partial charge < -0.3 is 15.0 Å². The largest absolute Gasteiger partial charge is 3.00 e. The Balaban J connectivity index is 0.00000553. The van der Waals surface area contributed by atoms with Crippen LogP contribution < -0.4 is 0 Å². The van der Waals surface area contributed by atoms with Crippen molar-refractivity contribution in [3.63, 3.8) is 0 Å². The van der Waals surface area contributed by atoms with Gasteiger partial charge in [-0.25, -0.2) is 0 Å². The van der Waals surface area contributed by atoms with Gasteiger partial charge in [0.2, 0.25) is 0 Å². The SMILES string of the molecule is Brc1cc(-c2ccccn2)[c-]cc1-c1ccccc1-c1cc(-c2ccccc2-c2c[c-]c(-c3ccccn3)cc2Br)cc(-c2ccccc2-c2c[c-]c(-c3ccccn3)cc2-c2ccccc2)c1.[Ir+3]. The number of pyridine rings is 3. The summed E-state index contributed by atoms with van der Waals surface area (Å²) in [5, 5.41) is 0. The molecule has 0 unspecified atom stereocenters. The van der Waals surface area contributed by atoms with Gasteiger partial charge in [-0.1, -0.05) is 219 Å². The average molecular weight is 1190 g/mol. The van der Waals surface area contributed by atoms with Gasteiger partial charge in [-0.2, -0.15) is 0 Å². The maximum absolute atomic E-state index is 4.69. The molecule has 0 aliphatic carbocycles. The number of hydrogen-bond donors (Lipinski definition) is 0. The van der Waals surface area contributed by atoms with Crippen LogP contribution in [0.3, 0.4) is 0 Å². The van der Waals surface area contributed by atoms with E-state index in [0.29, 0.717) is 0 Å². The van der Waals surface area contributed by atoms with E-state index in [-0.39, 0.29) is 20.1 Å². The Morgan fingerprint density at radius 1 is 0.275 bits per heavy atom. The molecule has 0 bridgehead atoms. The molecule has 69 heavy (non-hydrogen) atoms. The first-order valence-electron chi connectivity index (χ1n) is 22.3. The normalized spacial score (nSPS) is 10.9. The molecule has 8 aromatic carbocycles. The van der Waals surface area contributed by atoms with Crippen molar-refractivity contribution in [3.8, 4) is 112 Å². The first kappa shape index (κ1) is 45.6. The van der Waals surface area contributed by atoms with Gasteiger partial charge in [-0.05, 0) is 92.4 Å². The predicted octanol–water partition coefficient (Wildman–Crippen LogP) is 17.5. The van der Waals surface area contributed by atoms with Crippen molar-refractivity contribution >= 4 is 31.9 Å². The van der Waals surface area contributed by atoms with Crippen LogP contribution in [0.4, 0.5) is 0 Å². The fraction of sp³-hybridized carbons (Fsp3) is 0. The second kappa shape index (κ2) is 20.6. The molecule has 0 saturated carbocycles. The molecule has 0 aliphatic heterocycles. The van der Waals surface area contributed by atoms with E-state index >= 15 is 0 Å². The molecule has 0 radical (unpaired) electrons. The van der Waals surface area contributed by atoms with Gasteiger partial charge in [0, 0.05) is 18.6 Å². The summed E-state index contributed by atoms with van der Waals surface area (Å²) >= 11 is 7.94. The van der Waals surface area contributed by atoms with Crippen LogP contribution in [-0.2, 0) is 20.1 Å². The molecule has 6 heteroatoms. The summed E-state index contributed by atoms with van der Waals surface area (Å²) in [4.78, 5) is 13.9. The molecule has 3 aromatic heterocycles. The number of hydrogen-bond acceptors (Lipinski definition) is 3. The summed E-state index contributed by atoms with van der Waals surface area (Å²) in [5.41, 5.74) is 20.6. The van der Waals surface area contributed by atoms with Crippen LogP contribution >= 0.6 is 31.9 Å². The molecule has 0 N–H and O–H groups in total. The molecule has 11 rings (SSSR count). The topological polar surface area (TPSA) is 38.7 Å². The first-order chi connectivity index (χ1) is 33.6. The number of benzene rings is 8. The van der Waals surface area contributed by atoms with Crippen molar-refractivity contribution in [3.05, 3.63) is 258 Å². The summed E-state index contributed by atoms with van der Waals surface area (Å²) in [6, 6.07) is 84.9. The molecular weight excluding hydrogens is 1150 g/mol. The van der Waals surface area contributed by atoms with Gasteiger partial charge in [-0.3, -0.25) is 0 Å². The van der Waals surface area contributed by atoms with E-state index in [9.17, 15) is 0 Å². The maximum atomic E-state index is 4.69. The third kappa shape index (κ3) is 9.50. The van der Waals surface area contributed by atoms with Crippen LogP contribution in [0.15, 0.2) is 240 Å². The Kier molecular flexibility index (Phi) is 13.6. The Morgan fingerprint density at radius 3 is 0.986 bits per heavy atom. The molecule has 0 aliphatic rings. The second-order valence-corrected chi connectivity index (χ2v) is 18.0. The number of aromatic nitrogens is 3. The summed E-state index contributed by atoms with van der Waals surface area (Å²) in [6.07, 6.45) is 5.46. The molecule has 0 fully saturated rings. The quantitative estimate of drug-likeness (QED) is 0.128. The number of halogens is 2. The summed E-state index contributed by atoms with van der Waals surface area (Å²) in [7, 11) is 0. The predicted molar refractivity (Wildman–Crippen MR) is 286 cm³/mol. The summed E-state index contributed by atoms with van der Waals surface area (Å²) < 4.78 is 1.93. The average Bonchev–Trinajstić information content (AvgIpc) is 3.41. The molecule has 0 spiro atoms. The summed E-state index contributed by atoms with van der Waals surface area (Å²) in [5.74, 6) is 0. The molecule has 0 atom stereocenters. The van der Waals surface area contributed by atoms with Crippen molar-refractivity contribution < 1.29 is 20.1 Å². The monoisotopic (exact) mass is 1190 g/mol. The van der Waals surface area contributed by atoms with Crippen LogP contribution in [0.5, 0.6) is 0 Å². The van der Waals surface area contributed by atoms with Gasteiger partial charge in [-0.15, -0.1) is 71.3 Å². The van der Waals surface area contributed by atoms with Crippen molar-refractivity contribution in [2.75, 3.05) is 0 Å². The minimum atomic E-state index is 0. The van der Waals surface area contributed by atoms with Crippen LogP contribution in [0.25, 0.3) is 112 Å². The smallest absolute Gasteiger partial charge is 0.305 e. The molecule has 3 heterocycles. The van der Waals surface area contributed by atoms with Gasteiger partial charge in [0.15, 0.2) is 0 Å². The zero-order chi connectivity index (χ0) is 45.8. The maximum Gasteiger partial charge on any atom is 3.00 e. The number of rotatable bonds is 10. The Labute approximate surface area is 433 Å². The van der Waals surface area contributed by atoms with Gasteiger partial charge in [0.25, 0.3) is 0 Å². The fourth-order valence-corrected chi connectivity index (χ4v) is 10.0. The van der Waals surface area contributed by atoms with Crippen molar-refractivity contribution in [1.82, 2.24) is 15.0 Å². The van der Waals surface area contributed by atoms with Crippen molar-refractivity contribution in [2.24, 2.45) is 0 Å². The Hall–Kier alpha value is -7.18. The van der Waals surface area contributed by atoms with Gasteiger partial charge >= 0.3 is 20.1 Å². The standard InChI is InChI=1S/C63H38Br2N3.Ir/c64-59-40-44(62-25-11-14-34-67-62)28-31-56(59)53-22-8-5-19-50(53)47-36-46(37-48(38-47)51-20-6-9-23-54(51)57-32-29-45(41-60(57)65)63-26-12-15-35-68-63)49-18-4-7-21-52(49)55-30-27-43(61-24-10-13-33-66-61)39-58(55)42-16-2-1-3-17-42;/h1-26,30-41H;/q-3;+3.